The molecule has 0 aliphatic heterocycles. The van der Waals surface area contributed by atoms with Crippen LogP contribution in [0.3, 0.4) is 0 Å². The summed E-state index contributed by atoms with van der Waals surface area (Å²) in [6, 6.07) is 14.4. The molecule has 4 heteroatoms. The predicted molar refractivity (Wildman–Crippen MR) is 76.7 cm³/mol. The maximum Gasteiger partial charge on any atom is 0.137 e. The number of benzene rings is 2. The molecule has 0 saturated carbocycles. The Morgan fingerprint density at radius 2 is 1.74 bits per heavy atom. The van der Waals surface area contributed by atoms with Crippen molar-refractivity contribution in [2.24, 2.45) is 0 Å². The molecule has 94 valence electrons. The molecule has 0 saturated heterocycles. The lowest BCUT2D eigenvalue weighted by atomic mass is 10.2. The number of para-hydroxylation sites is 1. The summed E-state index contributed by atoms with van der Waals surface area (Å²) in [6.07, 6.45) is 1.62. The second kappa shape index (κ2) is 4.90. The number of aromatic nitrogens is 1. The zero-order valence-electron chi connectivity index (χ0n) is 10.0. The first-order valence-corrected chi connectivity index (χ1v) is 6.63. The van der Waals surface area contributed by atoms with Crippen molar-refractivity contribution >= 4 is 28.4 Å². The summed E-state index contributed by atoms with van der Waals surface area (Å²) >= 11 is 1.33. The number of hydrogen-bond acceptors (Lipinski definition) is 3. The molecule has 0 atom stereocenters. The van der Waals surface area contributed by atoms with Gasteiger partial charge in [0, 0.05) is 15.2 Å². The molecular formula is C15H11FN2S. The van der Waals surface area contributed by atoms with E-state index >= 15 is 0 Å². The number of halogens is 1. The molecule has 1 aromatic heterocycles. The lowest BCUT2D eigenvalue weighted by molar-refractivity contribution is 0.602. The van der Waals surface area contributed by atoms with Crippen molar-refractivity contribution in [2.75, 3.05) is 5.73 Å². The number of nitrogens with zero attached hydrogens (tertiary/aromatic N) is 1. The summed E-state index contributed by atoms with van der Waals surface area (Å²) in [4.78, 5) is 5.68. The van der Waals surface area contributed by atoms with Crippen LogP contribution in [-0.2, 0) is 0 Å². The van der Waals surface area contributed by atoms with Crippen LogP contribution in [0, 0.1) is 5.82 Å². The van der Waals surface area contributed by atoms with Crippen molar-refractivity contribution in [3.8, 4) is 0 Å². The van der Waals surface area contributed by atoms with E-state index in [0.717, 1.165) is 15.8 Å². The summed E-state index contributed by atoms with van der Waals surface area (Å²) < 4.78 is 13.7. The number of pyridine rings is 1. The van der Waals surface area contributed by atoms with Gasteiger partial charge in [0.05, 0.1) is 17.4 Å². The average Bonchev–Trinajstić information content (AvgIpc) is 2.44. The molecule has 2 N–H and O–H groups in total. The Hall–Kier alpha value is -2.07. The van der Waals surface area contributed by atoms with Gasteiger partial charge >= 0.3 is 0 Å². The Kier molecular flexibility index (Phi) is 3.09. The third-order valence-electron chi connectivity index (χ3n) is 2.80. The minimum atomic E-state index is -0.243. The maximum absolute atomic E-state index is 13.7. The minimum Gasteiger partial charge on any atom is -0.397 e. The quantitative estimate of drug-likeness (QED) is 0.761. The van der Waals surface area contributed by atoms with Gasteiger partial charge in [-0.25, -0.2) is 4.39 Å². The van der Waals surface area contributed by atoms with Crippen molar-refractivity contribution in [1.29, 1.82) is 0 Å². The summed E-state index contributed by atoms with van der Waals surface area (Å²) in [5, 5.41) is 0.941. The Balaban J connectivity index is 2.15. The number of anilines is 1. The van der Waals surface area contributed by atoms with Crippen molar-refractivity contribution in [2.45, 2.75) is 9.79 Å². The van der Waals surface area contributed by atoms with Gasteiger partial charge in [-0.3, -0.25) is 4.98 Å². The summed E-state index contributed by atoms with van der Waals surface area (Å²) in [5.74, 6) is -0.243. The fraction of sp³-hybridized carbons (Fsp3) is 0. The van der Waals surface area contributed by atoms with Crippen LogP contribution in [0.25, 0.3) is 10.9 Å². The highest BCUT2D eigenvalue weighted by Gasteiger charge is 2.10. The number of hydrogen-bond donors (Lipinski definition) is 1. The van der Waals surface area contributed by atoms with Crippen LogP contribution in [0.4, 0.5) is 10.1 Å². The van der Waals surface area contributed by atoms with Gasteiger partial charge in [0.15, 0.2) is 0 Å². The molecule has 0 spiro atoms. The molecular weight excluding hydrogens is 259 g/mol. The smallest absolute Gasteiger partial charge is 0.137 e. The Bertz CT molecular complexity index is 743. The fourth-order valence-electron chi connectivity index (χ4n) is 1.88. The Labute approximate surface area is 114 Å². The van der Waals surface area contributed by atoms with Crippen LogP contribution in [0.5, 0.6) is 0 Å². The fourth-order valence-corrected chi connectivity index (χ4v) is 2.87. The highest BCUT2D eigenvalue weighted by Crippen LogP contribution is 2.37. The second-order valence-corrected chi connectivity index (χ2v) is 5.14. The van der Waals surface area contributed by atoms with Crippen LogP contribution in [-0.4, -0.2) is 4.98 Å². The Morgan fingerprint density at radius 3 is 2.58 bits per heavy atom. The van der Waals surface area contributed by atoms with Gasteiger partial charge in [-0.15, -0.1) is 0 Å². The monoisotopic (exact) mass is 270 g/mol. The van der Waals surface area contributed by atoms with Crippen molar-refractivity contribution in [3.63, 3.8) is 0 Å². The first-order valence-electron chi connectivity index (χ1n) is 5.81. The van der Waals surface area contributed by atoms with Crippen molar-refractivity contribution < 1.29 is 4.39 Å². The van der Waals surface area contributed by atoms with E-state index < -0.39 is 0 Å². The molecule has 3 rings (SSSR count). The van der Waals surface area contributed by atoms with E-state index in [1.165, 1.54) is 17.8 Å². The largest absolute Gasteiger partial charge is 0.397 e. The standard InChI is InChI=1S/C15H11FN2S/c16-11-6-2-4-8-14(11)19-15-10-5-1-3-7-13(10)18-9-12(15)17/h1-9H,17H2. The predicted octanol–water partition coefficient (Wildman–Crippen LogP) is 4.11. The molecule has 2 nitrogen and oxygen atoms in total. The van der Waals surface area contributed by atoms with Crippen LogP contribution in [0.15, 0.2) is 64.5 Å². The van der Waals surface area contributed by atoms with Crippen LogP contribution < -0.4 is 5.73 Å². The van der Waals surface area contributed by atoms with Gasteiger partial charge in [-0.2, -0.15) is 0 Å². The lowest BCUT2D eigenvalue weighted by Crippen LogP contribution is -1.92. The van der Waals surface area contributed by atoms with E-state index in [-0.39, 0.29) is 5.82 Å². The van der Waals surface area contributed by atoms with Gasteiger partial charge < -0.3 is 5.73 Å². The topological polar surface area (TPSA) is 38.9 Å². The SMILES string of the molecule is Nc1cnc2ccccc2c1Sc1ccccc1F. The normalized spacial score (nSPS) is 10.8. The van der Waals surface area contributed by atoms with Gasteiger partial charge in [-0.05, 0) is 18.2 Å². The average molecular weight is 270 g/mol. The molecule has 0 amide bonds. The first-order chi connectivity index (χ1) is 9.25. The summed E-state index contributed by atoms with van der Waals surface area (Å²) in [5.41, 5.74) is 7.40. The molecule has 2 aromatic carbocycles. The molecule has 19 heavy (non-hydrogen) atoms. The Morgan fingerprint density at radius 1 is 1.00 bits per heavy atom. The summed E-state index contributed by atoms with van der Waals surface area (Å²) in [6.45, 7) is 0. The van der Waals surface area contributed by atoms with E-state index in [2.05, 4.69) is 4.98 Å². The number of fused-ring (bicyclic) bond motifs is 1. The first kappa shape index (κ1) is 12.0. The van der Waals surface area contributed by atoms with Gasteiger partial charge in [0.25, 0.3) is 0 Å². The third kappa shape index (κ3) is 2.27. The van der Waals surface area contributed by atoms with Crippen LogP contribution in [0.2, 0.25) is 0 Å². The molecule has 1 heterocycles. The maximum atomic E-state index is 13.7. The van der Waals surface area contributed by atoms with E-state index in [4.69, 9.17) is 5.73 Å². The lowest BCUT2D eigenvalue weighted by Gasteiger charge is -2.09. The molecule has 3 aromatic rings. The van der Waals surface area contributed by atoms with Crippen LogP contribution >= 0.6 is 11.8 Å². The zero-order chi connectivity index (χ0) is 13.2. The zero-order valence-corrected chi connectivity index (χ0v) is 10.8. The van der Waals surface area contributed by atoms with E-state index in [1.807, 2.05) is 30.3 Å². The molecule has 0 bridgehead atoms. The van der Waals surface area contributed by atoms with E-state index in [9.17, 15) is 4.39 Å². The highest BCUT2D eigenvalue weighted by atomic mass is 32.2. The molecule has 0 aliphatic carbocycles. The number of rotatable bonds is 2. The van der Waals surface area contributed by atoms with Gasteiger partial charge in [0.2, 0.25) is 0 Å². The van der Waals surface area contributed by atoms with Crippen molar-refractivity contribution in [1.82, 2.24) is 4.98 Å². The number of nitrogen functional groups attached to an aromatic ring is 1. The van der Waals surface area contributed by atoms with Gasteiger partial charge in [0.1, 0.15) is 5.82 Å². The van der Waals surface area contributed by atoms with E-state index in [0.29, 0.717) is 10.6 Å². The van der Waals surface area contributed by atoms with E-state index in [1.54, 1.807) is 18.3 Å². The molecule has 0 radical (unpaired) electrons. The third-order valence-corrected chi connectivity index (χ3v) is 4.01. The molecule has 0 unspecified atom stereocenters. The molecule has 0 aliphatic rings. The number of nitrogens with two attached hydrogens (primary N) is 1. The van der Waals surface area contributed by atoms with Gasteiger partial charge in [-0.1, -0.05) is 42.1 Å². The van der Waals surface area contributed by atoms with Crippen LogP contribution in [0.1, 0.15) is 0 Å². The highest BCUT2D eigenvalue weighted by molar-refractivity contribution is 7.99. The van der Waals surface area contributed by atoms with Crippen molar-refractivity contribution in [3.05, 3.63) is 60.5 Å². The summed E-state index contributed by atoms with van der Waals surface area (Å²) in [7, 11) is 0. The minimum absolute atomic E-state index is 0.243. The molecule has 0 fully saturated rings. The second-order valence-electron chi connectivity index (χ2n) is 4.09.